The van der Waals surface area contributed by atoms with Crippen LogP contribution < -0.4 is 20.7 Å². The number of aromatic nitrogens is 3. The Bertz CT molecular complexity index is 1260. The highest BCUT2D eigenvalue weighted by molar-refractivity contribution is 6.29. The Labute approximate surface area is 193 Å². The van der Waals surface area contributed by atoms with Crippen molar-refractivity contribution in [2.24, 2.45) is 10.9 Å². The van der Waals surface area contributed by atoms with E-state index in [1.165, 1.54) is 12.1 Å². The van der Waals surface area contributed by atoms with Gasteiger partial charge in [0.05, 0.1) is 42.0 Å². The number of halogens is 2. The number of hydrogen-bond donors (Lipinski definition) is 3. The lowest BCUT2D eigenvalue weighted by molar-refractivity contribution is 0.0686. The van der Waals surface area contributed by atoms with Crippen molar-refractivity contribution in [2.75, 3.05) is 36.6 Å². The van der Waals surface area contributed by atoms with Crippen molar-refractivity contribution < 1.29 is 19.1 Å². The highest BCUT2D eigenvalue weighted by Gasteiger charge is 2.33. The molecule has 4 N–H and O–H groups in total. The monoisotopic (exact) mass is 473 g/mol. The van der Waals surface area contributed by atoms with Gasteiger partial charge in [0, 0.05) is 18.2 Å². The highest BCUT2D eigenvalue weighted by atomic mass is 35.5. The topological polar surface area (TPSA) is 131 Å². The normalized spacial score (nSPS) is 18.9. The second kappa shape index (κ2) is 8.49. The van der Waals surface area contributed by atoms with Crippen molar-refractivity contribution in [2.45, 2.75) is 19.0 Å². The zero-order chi connectivity index (χ0) is 23.1. The largest absolute Gasteiger partial charge is 0.473 e. The third kappa shape index (κ3) is 3.93. The number of morpholine rings is 1. The molecule has 172 valence electrons. The van der Waals surface area contributed by atoms with E-state index in [9.17, 15) is 4.39 Å². The van der Waals surface area contributed by atoms with Crippen LogP contribution in [0, 0.1) is 5.82 Å². The number of ether oxygens (including phenoxy) is 2. The van der Waals surface area contributed by atoms with Gasteiger partial charge < -0.3 is 30.6 Å². The van der Waals surface area contributed by atoms with Gasteiger partial charge in [0.2, 0.25) is 0 Å². The number of nitrogens with zero attached hydrogens (tertiary/aromatic N) is 5. The van der Waals surface area contributed by atoms with Crippen LogP contribution in [0.15, 0.2) is 29.4 Å². The number of anilines is 2. The Kier molecular flexibility index (Phi) is 5.51. The molecule has 10 nitrogen and oxygen atoms in total. The van der Waals surface area contributed by atoms with Gasteiger partial charge >= 0.3 is 0 Å². The van der Waals surface area contributed by atoms with Crippen LogP contribution in [0.3, 0.4) is 0 Å². The second-order valence-corrected chi connectivity index (χ2v) is 8.22. The highest BCUT2D eigenvalue weighted by Crippen LogP contribution is 2.36. The minimum Gasteiger partial charge on any atom is -0.473 e. The molecule has 5 rings (SSSR count). The number of fused-ring (bicyclic) bond motifs is 4. The molecular formula is C21H21ClFN7O3. The molecule has 1 saturated heterocycles. The molecule has 2 aliphatic heterocycles. The van der Waals surface area contributed by atoms with E-state index in [1.54, 1.807) is 12.1 Å². The summed E-state index contributed by atoms with van der Waals surface area (Å²) in [6, 6.07) is 5.59. The van der Waals surface area contributed by atoms with Crippen molar-refractivity contribution in [3.05, 3.63) is 46.5 Å². The van der Waals surface area contributed by atoms with Crippen LogP contribution in [0.1, 0.15) is 24.2 Å². The maximum Gasteiger partial charge on any atom is 0.258 e. The van der Waals surface area contributed by atoms with E-state index in [0.717, 1.165) is 0 Å². The smallest absolute Gasteiger partial charge is 0.258 e. The van der Waals surface area contributed by atoms with Crippen molar-refractivity contribution in [1.82, 2.24) is 15.0 Å². The first-order chi connectivity index (χ1) is 15.9. The molecule has 1 fully saturated rings. The summed E-state index contributed by atoms with van der Waals surface area (Å²) in [6.45, 7) is 4.09. The predicted molar refractivity (Wildman–Crippen MR) is 121 cm³/mol. The molecule has 0 saturated carbocycles. The number of oxime groups is 1. The maximum atomic E-state index is 14.5. The lowest BCUT2D eigenvalue weighted by Crippen LogP contribution is -2.51. The van der Waals surface area contributed by atoms with Crippen LogP contribution in [0.25, 0.3) is 11.0 Å². The summed E-state index contributed by atoms with van der Waals surface area (Å²) >= 11 is 5.97. The van der Waals surface area contributed by atoms with Crippen LogP contribution in [0.2, 0.25) is 5.15 Å². The average molecular weight is 474 g/mol. The lowest BCUT2D eigenvalue weighted by Gasteiger charge is -2.39. The first-order valence-corrected chi connectivity index (χ1v) is 10.7. The summed E-state index contributed by atoms with van der Waals surface area (Å²) in [5.41, 5.74) is 7.89. The molecule has 33 heavy (non-hydrogen) atoms. The number of nitrogens with one attached hydrogen (secondary N) is 1. The molecule has 4 heterocycles. The zero-order valence-electron chi connectivity index (χ0n) is 17.6. The zero-order valence-corrected chi connectivity index (χ0v) is 18.4. The summed E-state index contributed by atoms with van der Waals surface area (Å²) in [6.07, 6.45) is 0. The van der Waals surface area contributed by atoms with Crippen LogP contribution in [0.4, 0.5) is 15.9 Å². The fraction of sp³-hybridized carbons (Fsp3) is 0.333. The molecule has 2 atom stereocenters. The Morgan fingerprint density at radius 3 is 3.00 bits per heavy atom. The summed E-state index contributed by atoms with van der Waals surface area (Å²) in [5.74, 6) is 0.341. The van der Waals surface area contributed by atoms with Gasteiger partial charge in [-0.1, -0.05) is 16.8 Å². The molecule has 0 radical (unpaired) electrons. The quantitative estimate of drug-likeness (QED) is 0.172. The summed E-state index contributed by atoms with van der Waals surface area (Å²) < 4.78 is 25.9. The van der Waals surface area contributed by atoms with E-state index < -0.39 is 11.9 Å². The third-order valence-corrected chi connectivity index (χ3v) is 5.89. The minimum atomic E-state index is -0.452. The Morgan fingerprint density at radius 1 is 1.33 bits per heavy atom. The summed E-state index contributed by atoms with van der Waals surface area (Å²) in [4.78, 5) is 15.6. The van der Waals surface area contributed by atoms with Gasteiger partial charge in [0.1, 0.15) is 23.3 Å². The lowest BCUT2D eigenvalue weighted by atomic mass is 10.0. The number of hydrogen-bond acceptors (Lipinski definition) is 9. The van der Waals surface area contributed by atoms with Crippen molar-refractivity contribution in [3.63, 3.8) is 0 Å². The number of nitrogens with two attached hydrogens (primary N) is 1. The maximum absolute atomic E-state index is 14.5. The van der Waals surface area contributed by atoms with Crippen LogP contribution >= 0.6 is 11.6 Å². The first kappa shape index (κ1) is 21.4. The van der Waals surface area contributed by atoms with E-state index in [0.29, 0.717) is 60.3 Å². The van der Waals surface area contributed by atoms with Gasteiger partial charge in [0.15, 0.2) is 11.7 Å². The third-order valence-electron chi connectivity index (χ3n) is 5.68. The molecule has 0 spiro atoms. The van der Waals surface area contributed by atoms with Gasteiger partial charge in [-0.15, -0.1) is 0 Å². The molecule has 12 heteroatoms. The van der Waals surface area contributed by atoms with Crippen molar-refractivity contribution in [3.8, 4) is 5.88 Å². The summed E-state index contributed by atoms with van der Waals surface area (Å²) in [7, 11) is 0. The molecular weight excluding hydrogens is 453 g/mol. The average Bonchev–Trinajstić information content (AvgIpc) is 2.82. The van der Waals surface area contributed by atoms with Gasteiger partial charge in [-0.25, -0.2) is 19.3 Å². The van der Waals surface area contributed by atoms with E-state index in [2.05, 4.69) is 25.3 Å². The fourth-order valence-electron chi connectivity index (χ4n) is 4.09. The Hall–Kier alpha value is -3.44. The number of benzene rings is 1. The number of pyridine rings is 1. The first-order valence-electron chi connectivity index (χ1n) is 10.3. The number of rotatable bonds is 4. The van der Waals surface area contributed by atoms with Crippen LogP contribution in [0.5, 0.6) is 5.88 Å². The van der Waals surface area contributed by atoms with Crippen LogP contribution in [-0.2, 0) is 4.74 Å². The van der Waals surface area contributed by atoms with E-state index >= 15 is 0 Å². The number of amidine groups is 1. The van der Waals surface area contributed by atoms with E-state index in [-0.39, 0.29) is 22.7 Å². The standard InChI is InChI=1S/C21H21ClFN7O3/c1-10(25-14-2-3-16(22)27-18(14)19(24)29-31)13-6-11(23)7-15-17(13)28-20-21(26-15)33-9-12-8-32-5-4-30(12)20/h2-3,6-7,10,12,25,31H,4-5,8-9H2,1H3,(H2,24,29)/t10-,12+/m1/s1. The van der Waals surface area contributed by atoms with Crippen molar-refractivity contribution in [1.29, 1.82) is 0 Å². The van der Waals surface area contributed by atoms with E-state index in [4.69, 9.17) is 37.0 Å². The molecule has 0 bridgehead atoms. The molecule has 1 aromatic carbocycles. The Morgan fingerprint density at radius 2 is 2.18 bits per heavy atom. The Balaban J connectivity index is 1.57. The van der Waals surface area contributed by atoms with E-state index in [1.807, 2.05) is 6.92 Å². The SMILES string of the molecule is C[C@@H](Nc1ccc(Cl)nc1/C(N)=N/O)c1cc(F)cc2nc3c(nc12)N1CCOC[C@H]1CO3. The van der Waals surface area contributed by atoms with Gasteiger partial charge in [-0.05, 0) is 25.1 Å². The van der Waals surface area contributed by atoms with Gasteiger partial charge in [-0.2, -0.15) is 0 Å². The summed E-state index contributed by atoms with van der Waals surface area (Å²) in [5, 5.41) is 15.5. The molecule has 2 aliphatic rings. The molecule has 0 unspecified atom stereocenters. The molecule has 2 aromatic heterocycles. The van der Waals surface area contributed by atoms with Gasteiger partial charge in [-0.3, -0.25) is 0 Å². The van der Waals surface area contributed by atoms with Crippen molar-refractivity contribution >= 4 is 40.0 Å². The van der Waals surface area contributed by atoms with Crippen LogP contribution in [-0.4, -0.2) is 58.4 Å². The molecule has 0 aliphatic carbocycles. The van der Waals surface area contributed by atoms with Gasteiger partial charge in [0.25, 0.3) is 5.88 Å². The molecule has 0 amide bonds. The second-order valence-electron chi connectivity index (χ2n) is 7.83. The fourth-order valence-corrected chi connectivity index (χ4v) is 4.24. The molecule has 3 aromatic rings. The predicted octanol–water partition coefficient (Wildman–Crippen LogP) is 2.68. The minimum absolute atomic E-state index is 0.0564.